The molecule has 0 unspecified atom stereocenters. The highest BCUT2D eigenvalue weighted by Crippen LogP contribution is 2.17. The molecule has 0 aliphatic rings. The maximum atomic E-state index is 10.9. The van der Waals surface area contributed by atoms with Gasteiger partial charge in [-0.2, -0.15) is 5.10 Å². The molecule has 4 N–H and O–H groups in total. The predicted molar refractivity (Wildman–Crippen MR) is 64.2 cm³/mol. The summed E-state index contributed by atoms with van der Waals surface area (Å²) in [4.78, 5) is 10.9. The first kappa shape index (κ1) is 10.7. The first-order valence-electron chi connectivity index (χ1n) is 4.49. The molecule has 0 radical (unpaired) electrons. The number of amides is 1. The molecule has 0 saturated heterocycles. The molecule has 0 aliphatic carbocycles. The summed E-state index contributed by atoms with van der Waals surface area (Å²) >= 11 is 3.33. The van der Waals surface area contributed by atoms with E-state index in [9.17, 15) is 4.79 Å². The highest BCUT2D eigenvalue weighted by Gasteiger charge is 2.10. The van der Waals surface area contributed by atoms with Gasteiger partial charge in [-0.1, -0.05) is 15.9 Å². The van der Waals surface area contributed by atoms with Crippen LogP contribution in [-0.2, 0) is 0 Å². The number of rotatable bonds is 2. The Morgan fingerprint density at radius 3 is 2.44 bits per heavy atom. The van der Waals surface area contributed by atoms with Crippen molar-refractivity contribution < 1.29 is 4.79 Å². The number of benzene rings is 1. The van der Waals surface area contributed by atoms with Crippen LogP contribution in [0.25, 0.3) is 5.69 Å². The van der Waals surface area contributed by atoms with Gasteiger partial charge in [0.2, 0.25) is 0 Å². The lowest BCUT2D eigenvalue weighted by molar-refractivity contribution is 0.0995. The number of carbonyl (C=O) groups is 1. The van der Waals surface area contributed by atoms with E-state index in [4.69, 9.17) is 11.5 Å². The lowest BCUT2D eigenvalue weighted by atomic mass is 10.3. The fourth-order valence-electron chi connectivity index (χ4n) is 1.31. The molecule has 0 spiro atoms. The van der Waals surface area contributed by atoms with Gasteiger partial charge in [-0.05, 0) is 24.3 Å². The van der Waals surface area contributed by atoms with E-state index in [1.165, 1.54) is 10.7 Å². The number of anilines is 1. The number of nitrogens with two attached hydrogens (primary N) is 2. The lowest BCUT2D eigenvalue weighted by Crippen LogP contribution is -2.12. The van der Waals surface area contributed by atoms with Crippen LogP contribution in [0.15, 0.2) is 34.8 Å². The SMILES string of the molecule is NC(=O)c1cc(N)n(-c2ccc(Br)cc2)n1. The molecule has 82 valence electrons. The summed E-state index contributed by atoms with van der Waals surface area (Å²) in [6, 6.07) is 8.83. The van der Waals surface area contributed by atoms with Crippen LogP contribution in [0.3, 0.4) is 0 Å². The maximum Gasteiger partial charge on any atom is 0.269 e. The molecule has 0 aliphatic heterocycles. The standard InChI is InChI=1S/C10H9BrN4O/c11-6-1-3-7(4-2-6)15-9(12)5-8(14-15)10(13)16/h1-5H,12H2,(H2,13,16). The second kappa shape index (κ2) is 3.97. The van der Waals surface area contributed by atoms with Crippen molar-refractivity contribution in [3.8, 4) is 5.69 Å². The van der Waals surface area contributed by atoms with Crippen molar-refractivity contribution >= 4 is 27.7 Å². The molecular formula is C10H9BrN4O. The van der Waals surface area contributed by atoms with Crippen LogP contribution in [0.2, 0.25) is 0 Å². The number of carbonyl (C=O) groups excluding carboxylic acids is 1. The second-order valence-electron chi connectivity index (χ2n) is 3.21. The maximum absolute atomic E-state index is 10.9. The second-order valence-corrected chi connectivity index (χ2v) is 4.12. The Morgan fingerprint density at radius 2 is 1.94 bits per heavy atom. The van der Waals surface area contributed by atoms with Crippen LogP contribution in [0.5, 0.6) is 0 Å². The van der Waals surface area contributed by atoms with E-state index < -0.39 is 5.91 Å². The van der Waals surface area contributed by atoms with Crippen LogP contribution < -0.4 is 11.5 Å². The van der Waals surface area contributed by atoms with E-state index >= 15 is 0 Å². The van der Waals surface area contributed by atoms with Crippen molar-refractivity contribution in [3.05, 3.63) is 40.5 Å². The Kier molecular flexibility index (Phi) is 2.66. The average molecular weight is 281 g/mol. The van der Waals surface area contributed by atoms with Gasteiger partial charge in [-0.15, -0.1) is 0 Å². The van der Waals surface area contributed by atoms with Gasteiger partial charge in [0.15, 0.2) is 5.69 Å². The number of nitrogen functional groups attached to an aromatic ring is 1. The van der Waals surface area contributed by atoms with Gasteiger partial charge in [0.25, 0.3) is 5.91 Å². The van der Waals surface area contributed by atoms with E-state index in [0.29, 0.717) is 5.82 Å². The van der Waals surface area contributed by atoms with Crippen LogP contribution in [0.1, 0.15) is 10.5 Å². The van der Waals surface area contributed by atoms with Crippen LogP contribution in [-0.4, -0.2) is 15.7 Å². The quantitative estimate of drug-likeness (QED) is 0.870. The van der Waals surface area contributed by atoms with Crippen LogP contribution in [0, 0.1) is 0 Å². The summed E-state index contributed by atoms with van der Waals surface area (Å²) in [6.45, 7) is 0. The summed E-state index contributed by atoms with van der Waals surface area (Å²) in [5, 5.41) is 4.01. The molecule has 2 rings (SSSR count). The fraction of sp³-hybridized carbons (Fsp3) is 0. The van der Waals surface area contributed by atoms with Gasteiger partial charge in [-0.25, -0.2) is 4.68 Å². The van der Waals surface area contributed by atoms with Crippen molar-refractivity contribution in [2.45, 2.75) is 0 Å². The smallest absolute Gasteiger partial charge is 0.269 e. The minimum Gasteiger partial charge on any atom is -0.384 e. The van der Waals surface area contributed by atoms with Crippen molar-refractivity contribution in [3.63, 3.8) is 0 Å². The Balaban J connectivity index is 2.47. The molecule has 5 nitrogen and oxygen atoms in total. The summed E-state index contributed by atoms with van der Waals surface area (Å²) < 4.78 is 2.42. The van der Waals surface area contributed by atoms with Crippen molar-refractivity contribution in [2.75, 3.05) is 5.73 Å². The lowest BCUT2D eigenvalue weighted by Gasteiger charge is -2.03. The zero-order valence-corrected chi connectivity index (χ0v) is 9.81. The molecule has 2 aromatic rings. The Bertz CT molecular complexity index is 532. The molecule has 1 aromatic carbocycles. The zero-order valence-electron chi connectivity index (χ0n) is 8.22. The Labute approximate surface area is 100 Å². The van der Waals surface area contributed by atoms with Gasteiger partial charge >= 0.3 is 0 Å². The highest BCUT2D eigenvalue weighted by atomic mass is 79.9. The molecule has 1 aromatic heterocycles. The Hall–Kier alpha value is -1.82. The van der Waals surface area contributed by atoms with Gasteiger partial charge in [0.05, 0.1) is 5.69 Å². The summed E-state index contributed by atoms with van der Waals surface area (Å²) in [7, 11) is 0. The number of nitrogens with zero attached hydrogens (tertiary/aromatic N) is 2. The summed E-state index contributed by atoms with van der Waals surface area (Å²) in [5.74, 6) is -0.223. The monoisotopic (exact) mass is 280 g/mol. The van der Waals surface area contributed by atoms with E-state index in [1.54, 1.807) is 0 Å². The third-order valence-electron chi connectivity index (χ3n) is 2.06. The number of primary amides is 1. The van der Waals surface area contributed by atoms with Gasteiger partial charge < -0.3 is 11.5 Å². The molecule has 16 heavy (non-hydrogen) atoms. The number of aromatic nitrogens is 2. The predicted octanol–water partition coefficient (Wildman–Crippen LogP) is 1.32. The molecule has 1 amide bonds. The first-order valence-corrected chi connectivity index (χ1v) is 5.28. The fourth-order valence-corrected chi connectivity index (χ4v) is 1.57. The number of hydrogen-bond donors (Lipinski definition) is 2. The van der Waals surface area contributed by atoms with E-state index in [0.717, 1.165) is 10.2 Å². The minimum atomic E-state index is -0.595. The molecular weight excluding hydrogens is 272 g/mol. The van der Waals surface area contributed by atoms with Gasteiger partial charge in [0, 0.05) is 10.5 Å². The minimum absolute atomic E-state index is 0.153. The van der Waals surface area contributed by atoms with E-state index in [2.05, 4.69) is 21.0 Å². The largest absolute Gasteiger partial charge is 0.384 e. The van der Waals surface area contributed by atoms with Crippen molar-refractivity contribution in [2.24, 2.45) is 5.73 Å². The van der Waals surface area contributed by atoms with E-state index in [-0.39, 0.29) is 5.69 Å². The molecule has 1 heterocycles. The molecule has 0 bridgehead atoms. The summed E-state index contributed by atoms with van der Waals surface area (Å²) in [6.07, 6.45) is 0. The van der Waals surface area contributed by atoms with Crippen LogP contribution in [0.4, 0.5) is 5.82 Å². The number of hydrogen-bond acceptors (Lipinski definition) is 3. The first-order chi connectivity index (χ1) is 7.58. The third-order valence-corrected chi connectivity index (χ3v) is 2.59. The normalized spacial score (nSPS) is 10.3. The van der Waals surface area contributed by atoms with Gasteiger partial charge in [-0.3, -0.25) is 4.79 Å². The van der Waals surface area contributed by atoms with E-state index in [1.807, 2.05) is 24.3 Å². The number of halogens is 1. The van der Waals surface area contributed by atoms with Crippen molar-refractivity contribution in [1.29, 1.82) is 0 Å². The average Bonchev–Trinajstić information content (AvgIpc) is 2.62. The summed E-state index contributed by atoms with van der Waals surface area (Å²) in [5.41, 5.74) is 11.8. The highest BCUT2D eigenvalue weighted by molar-refractivity contribution is 9.10. The van der Waals surface area contributed by atoms with Crippen LogP contribution >= 0.6 is 15.9 Å². The van der Waals surface area contributed by atoms with Gasteiger partial charge in [0.1, 0.15) is 5.82 Å². The molecule has 6 heteroatoms. The molecule has 0 atom stereocenters. The third kappa shape index (κ3) is 1.92. The zero-order chi connectivity index (χ0) is 11.7. The molecule has 0 saturated carbocycles. The van der Waals surface area contributed by atoms with Crippen molar-refractivity contribution in [1.82, 2.24) is 9.78 Å². The molecule has 0 fully saturated rings. The Morgan fingerprint density at radius 1 is 1.31 bits per heavy atom. The topological polar surface area (TPSA) is 86.9 Å².